The van der Waals surface area contributed by atoms with Crippen molar-refractivity contribution in [1.29, 1.82) is 0 Å². The van der Waals surface area contributed by atoms with Gasteiger partial charge in [-0.2, -0.15) is 0 Å². The third-order valence-electron chi connectivity index (χ3n) is 8.05. The molecular formula is C27H31ClN2O6. The number of hydrogen-bond acceptors (Lipinski definition) is 6. The first kappa shape index (κ1) is 25.0. The van der Waals surface area contributed by atoms with Gasteiger partial charge in [0.05, 0.1) is 25.2 Å². The maximum Gasteiger partial charge on any atom is 0.313 e. The maximum atomic E-state index is 14.3. The molecule has 0 aromatic heterocycles. The normalized spacial score (nSPS) is 34.4. The summed E-state index contributed by atoms with van der Waals surface area (Å²) in [5.41, 5.74) is -1.83. The van der Waals surface area contributed by atoms with Crippen molar-refractivity contribution in [3.8, 4) is 0 Å². The average Bonchev–Trinajstić information content (AvgIpc) is 3.22. The third-order valence-corrected chi connectivity index (χ3v) is 8.31. The lowest BCUT2D eigenvalue weighted by molar-refractivity contribution is -0.161. The number of ether oxygens (including phenoxy) is 2. The van der Waals surface area contributed by atoms with Crippen LogP contribution in [-0.2, 0) is 23.9 Å². The monoisotopic (exact) mass is 514 g/mol. The molecule has 192 valence electrons. The Kier molecular flexibility index (Phi) is 6.47. The van der Waals surface area contributed by atoms with Gasteiger partial charge < -0.3 is 24.4 Å². The number of halogens is 1. The lowest BCUT2D eigenvalue weighted by atomic mass is 9.73. The first-order chi connectivity index (χ1) is 17.3. The molecule has 1 spiro atoms. The minimum Gasteiger partial charge on any atom is -0.465 e. The SMILES string of the molecule is CC[C@@H](CO)N1C(=O)[C@@H]2[C@@H]3C(=O)OCCC=C[C@]3(CC)O[C@@]23C=CCN(c2ccc(Cl)cc2)C(=O)C13. The summed E-state index contributed by atoms with van der Waals surface area (Å²) >= 11 is 6.07. The first-order valence-electron chi connectivity index (χ1n) is 12.6. The van der Waals surface area contributed by atoms with Gasteiger partial charge in [0, 0.05) is 17.3 Å². The van der Waals surface area contributed by atoms with E-state index in [1.807, 2.05) is 32.1 Å². The molecule has 0 radical (unpaired) electrons. The van der Waals surface area contributed by atoms with E-state index in [9.17, 15) is 19.5 Å². The van der Waals surface area contributed by atoms with Crippen molar-refractivity contribution in [2.24, 2.45) is 11.8 Å². The second-order valence-corrected chi connectivity index (χ2v) is 10.2. The predicted molar refractivity (Wildman–Crippen MR) is 133 cm³/mol. The molecule has 1 aromatic rings. The summed E-state index contributed by atoms with van der Waals surface area (Å²) in [5, 5.41) is 10.7. The van der Waals surface area contributed by atoms with Gasteiger partial charge in [-0.25, -0.2) is 0 Å². The number of anilines is 1. The zero-order valence-corrected chi connectivity index (χ0v) is 21.2. The number of esters is 1. The van der Waals surface area contributed by atoms with Crippen LogP contribution in [0.2, 0.25) is 5.02 Å². The molecule has 6 atom stereocenters. The van der Waals surface area contributed by atoms with Crippen molar-refractivity contribution in [2.45, 2.75) is 56.4 Å². The Morgan fingerprint density at radius 3 is 2.50 bits per heavy atom. The quantitative estimate of drug-likeness (QED) is 0.479. The number of carbonyl (C=O) groups is 3. The van der Waals surface area contributed by atoms with Crippen LogP contribution in [0.5, 0.6) is 0 Å². The highest BCUT2D eigenvalue weighted by Gasteiger charge is 2.75. The van der Waals surface area contributed by atoms with Gasteiger partial charge in [-0.3, -0.25) is 14.4 Å². The Balaban J connectivity index is 1.69. The van der Waals surface area contributed by atoms with Gasteiger partial charge in [-0.05, 0) is 43.5 Å². The van der Waals surface area contributed by atoms with Gasteiger partial charge in [-0.1, -0.05) is 49.8 Å². The van der Waals surface area contributed by atoms with E-state index in [-0.39, 0.29) is 31.6 Å². The first-order valence-corrected chi connectivity index (χ1v) is 12.9. The fraction of sp³-hybridized carbons (Fsp3) is 0.519. The summed E-state index contributed by atoms with van der Waals surface area (Å²) < 4.78 is 12.4. The van der Waals surface area contributed by atoms with Crippen LogP contribution in [0.3, 0.4) is 0 Å². The number of aliphatic hydroxyl groups is 1. The molecule has 0 saturated carbocycles. The number of carbonyl (C=O) groups excluding carboxylic acids is 3. The van der Waals surface area contributed by atoms with Crippen LogP contribution in [0.1, 0.15) is 33.1 Å². The molecule has 2 amide bonds. The molecule has 4 aliphatic rings. The zero-order chi connectivity index (χ0) is 25.7. The molecule has 4 heterocycles. The summed E-state index contributed by atoms with van der Waals surface area (Å²) in [6.45, 7) is 3.93. The zero-order valence-electron chi connectivity index (χ0n) is 20.4. The Morgan fingerprint density at radius 2 is 1.83 bits per heavy atom. The Hall–Kier alpha value is -2.68. The topological polar surface area (TPSA) is 96.4 Å². The van der Waals surface area contributed by atoms with Crippen molar-refractivity contribution < 1.29 is 29.0 Å². The van der Waals surface area contributed by atoms with E-state index in [1.54, 1.807) is 35.2 Å². The van der Waals surface area contributed by atoms with Crippen molar-refractivity contribution >= 4 is 35.1 Å². The van der Waals surface area contributed by atoms with Crippen LogP contribution in [0.25, 0.3) is 0 Å². The van der Waals surface area contributed by atoms with Crippen LogP contribution in [0.4, 0.5) is 5.69 Å². The van der Waals surface area contributed by atoms with Crippen molar-refractivity contribution in [1.82, 2.24) is 4.90 Å². The highest BCUT2D eigenvalue weighted by Crippen LogP contribution is 2.58. The van der Waals surface area contributed by atoms with E-state index in [0.29, 0.717) is 30.0 Å². The number of likely N-dealkylation sites (tertiary alicyclic amines) is 1. The molecule has 1 unspecified atom stereocenters. The van der Waals surface area contributed by atoms with Gasteiger partial charge in [0.25, 0.3) is 5.91 Å². The van der Waals surface area contributed by atoms with Crippen LogP contribution in [0, 0.1) is 11.8 Å². The second-order valence-electron chi connectivity index (χ2n) is 9.80. The number of amides is 2. The molecule has 0 bridgehead atoms. The number of nitrogens with zero attached hydrogens (tertiary/aromatic N) is 2. The highest BCUT2D eigenvalue weighted by atomic mass is 35.5. The number of aliphatic hydroxyl groups excluding tert-OH is 1. The third kappa shape index (κ3) is 3.53. The summed E-state index contributed by atoms with van der Waals surface area (Å²) in [5.74, 6) is -3.06. The van der Waals surface area contributed by atoms with Crippen molar-refractivity contribution in [3.63, 3.8) is 0 Å². The molecule has 9 heteroatoms. The largest absolute Gasteiger partial charge is 0.465 e. The Bertz CT molecular complexity index is 1120. The average molecular weight is 515 g/mol. The van der Waals surface area contributed by atoms with E-state index >= 15 is 0 Å². The molecule has 4 aliphatic heterocycles. The highest BCUT2D eigenvalue weighted by molar-refractivity contribution is 6.30. The van der Waals surface area contributed by atoms with Gasteiger partial charge in [0.15, 0.2) is 0 Å². The molecule has 2 saturated heterocycles. The van der Waals surface area contributed by atoms with E-state index < -0.39 is 41.1 Å². The Morgan fingerprint density at radius 1 is 1.08 bits per heavy atom. The summed E-state index contributed by atoms with van der Waals surface area (Å²) in [7, 11) is 0. The van der Waals surface area contributed by atoms with Gasteiger partial charge in [-0.15, -0.1) is 0 Å². The predicted octanol–water partition coefficient (Wildman–Crippen LogP) is 2.88. The molecular weight excluding hydrogens is 484 g/mol. The summed E-state index contributed by atoms with van der Waals surface area (Å²) in [6.07, 6.45) is 8.84. The fourth-order valence-electron chi connectivity index (χ4n) is 6.33. The standard InChI is InChI=1S/C27H31ClN2O6/c1-3-18(16-31)30-22-24(33)29(19-10-8-17(28)9-11-19)14-7-13-27(22)20(23(30)32)21-25(34)35-15-6-5-12-26(21,4-2)36-27/h5,7-13,18,20-22,31H,3-4,6,14-16H2,1-2H3/t18-,20-,21+,22?,26-,27-/m0/s1. The number of hydrogen-bond donors (Lipinski definition) is 1. The molecule has 2 fully saturated rings. The number of benzene rings is 1. The lowest BCUT2D eigenvalue weighted by Crippen LogP contribution is -2.59. The van der Waals surface area contributed by atoms with Crippen LogP contribution < -0.4 is 4.90 Å². The van der Waals surface area contributed by atoms with Crippen LogP contribution >= 0.6 is 11.6 Å². The fourth-order valence-corrected chi connectivity index (χ4v) is 6.45. The van der Waals surface area contributed by atoms with E-state index in [2.05, 4.69) is 0 Å². The van der Waals surface area contributed by atoms with E-state index in [0.717, 1.165) is 0 Å². The van der Waals surface area contributed by atoms with E-state index in [1.165, 1.54) is 4.90 Å². The molecule has 0 aliphatic carbocycles. The number of rotatable bonds is 5. The maximum absolute atomic E-state index is 14.3. The molecule has 1 aromatic carbocycles. The van der Waals surface area contributed by atoms with Crippen LogP contribution in [0.15, 0.2) is 48.6 Å². The minimum absolute atomic E-state index is 0.222. The lowest BCUT2D eigenvalue weighted by Gasteiger charge is -2.40. The number of cyclic esters (lactones) is 1. The molecule has 5 rings (SSSR count). The molecule has 1 N–H and O–H groups in total. The van der Waals surface area contributed by atoms with Gasteiger partial charge in [0.1, 0.15) is 23.2 Å². The van der Waals surface area contributed by atoms with Gasteiger partial charge in [0.2, 0.25) is 5.91 Å². The van der Waals surface area contributed by atoms with E-state index in [4.69, 9.17) is 21.1 Å². The van der Waals surface area contributed by atoms with Crippen LogP contribution in [-0.4, -0.2) is 70.8 Å². The number of fused-ring (bicyclic) bond motifs is 2. The summed E-state index contributed by atoms with van der Waals surface area (Å²) in [4.78, 5) is 44.9. The minimum atomic E-state index is -1.38. The second kappa shape index (κ2) is 9.32. The van der Waals surface area contributed by atoms with Crippen molar-refractivity contribution in [2.75, 3.05) is 24.7 Å². The van der Waals surface area contributed by atoms with Gasteiger partial charge >= 0.3 is 5.97 Å². The smallest absolute Gasteiger partial charge is 0.313 e. The molecule has 8 nitrogen and oxygen atoms in total. The summed E-state index contributed by atoms with van der Waals surface area (Å²) in [6, 6.07) is 5.26. The molecule has 36 heavy (non-hydrogen) atoms. The Labute approximate surface area is 215 Å². The van der Waals surface area contributed by atoms with Crippen molar-refractivity contribution in [3.05, 3.63) is 53.6 Å².